The molecule has 0 saturated carbocycles. The zero-order chi connectivity index (χ0) is 19.5. The van der Waals surface area contributed by atoms with Gasteiger partial charge >= 0.3 is 5.97 Å². The largest absolute Gasteiger partial charge is 0.463 e. The summed E-state index contributed by atoms with van der Waals surface area (Å²) in [5.74, 6) is -0.300. The summed E-state index contributed by atoms with van der Waals surface area (Å²) in [6, 6.07) is 0. The van der Waals surface area contributed by atoms with E-state index in [-0.39, 0.29) is 25.3 Å². The molecule has 0 aromatic rings. The Morgan fingerprint density at radius 2 is 1.27 bits per heavy atom. The minimum Gasteiger partial charge on any atom is -0.463 e. The van der Waals surface area contributed by atoms with Gasteiger partial charge in [-0.25, -0.2) is 0 Å². The predicted molar refractivity (Wildman–Crippen MR) is 105 cm³/mol. The minimum absolute atomic E-state index is 0.106. The first kappa shape index (κ1) is 25.4. The fourth-order valence-corrected chi connectivity index (χ4v) is 2.98. The molecule has 0 aliphatic heterocycles. The Hall–Kier alpha value is -0.650. The molecule has 0 aliphatic carbocycles. The third-order valence-corrected chi connectivity index (χ3v) is 4.71. The second-order valence-electron chi connectivity index (χ2n) is 7.39. The Morgan fingerprint density at radius 3 is 1.81 bits per heavy atom. The predicted octanol–water partition coefficient (Wildman–Crippen LogP) is 4.12. The van der Waals surface area contributed by atoms with E-state index in [1.54, 1.807) is 0 Å². The molecule has 0 bridgehead atoms. The van der Waals surface area contributed by atoms with Crippen molar-refractivity contribution in [2.24, 2.45) is 0 Å². The van der Waals surface area contributed by atoms with Crippen LogP contribution in [-0.4, -0.2) is 46.7 Å². The Balaban J connectivity index is 3.25. The van der Waals surface area contributed by atoms with Gasteiger partial charge in [0.25, 0.3) is 0 Å². The molecule has 2 atom stereocenters. The third-order valence-electron chi connectivity index (χ3n) is 4.71. The molecule has 0 fully saturated rings. The van der Waals surface area contributed by atoms with Crippen molar-refractivity contribution in [1.82, 2.24) is 0 Å². The van der Waals surface area contributed by atoms with Gasteiger partial charge in [-0.15, -0.1) is 0 Å². The number of carbonyl (C=O) groups excluding carboxylic acids is 1. The summed E-state index contributed by atoms with van der Waals surface area (Å²) in [7, 11) is 0. The van der Waals surface area contributed by atoms with Gasteiger partial charge in [-0.2, -0.15) is 0 Å². The molecule has 0 heterocycles. The number of hydrogen-bond donors (Lipinski definition) is 3. The summed E-state index contributed by atoms with van der Waals surface area (Å²) < 4.78 is 4.85. The normalized spacial score (nSPS) is 13.5. The summed E-state index contributed by atoms with van der Waals surface area (Å²) in [5.41, 5.74) is 0. The van der Waals surface area contributed by atoms with Crippen LogP contribution in [-0.2, 0) is 9.53 Å². The fraction of sp³-hybridized carbons (Fsp3) is 0.952. The highest BCUT2D eigenvalue weighted by atomic mass is 16.5. The van der Waals surface area contributed by atoms with Crippen molar-refractivity contribution in [2.45, 2.75) is 115 Å². The van der Waals surface area contributed by atoms with E-state index in [0.29, 0.717) is 6.42 Å². The number of carbonyl (C=O) groups is 1. The molecular formula is C21H42O5. The molecule has 5 nitrogen and oxygen atoms in total. The van der Waals surface area contributed by atoms with Crippen molar-refractivity contribution in [3.8, 4) is 0 Å². The first-order chi connectivity index (χ1) is 12.6. The molecule has 0 aromatic carbocycles. The molecule has 0 spiro atoms. The van der Waals surface area contributed by atoms with Crippen molar-refractivity contribution in [2.75, 3.05) is 13.2 Å². The Labute approximate surface area is 160 Å². The lowest BCUT2D eigenvalue weighted by atomic mass is 10.0. The summed E-state index contributed by atoms with van der Waals surface area (Å²) in [4.78, 5) is 11.4. The highest BCUT2D eigenvalue weighted by molar-refractivity contribution is 5.69. The molecule has 0 radical (unpaired) electrons. The van der Waals surface area contributed by atoms with Crippen molar-refractivity contribution in [3.63, 3.8) is 0 Å². The molecule has 5 heteroatoms. The monoisotopic (exact) mass is 374 g/mol. The molecule has 0 aliphatic rings. The summed E-state index contributed by atoms with van der Waals surface area (Å²) in [5, 5.41) is 27.6. The molecule has 156 valence electrons. The number of ether oxygens (including phenoxy) is 1. The lowest BCUT2D eigenvalue weighted by molar-refractivity contribution is -0.147. The quantitative estimate of drug-likeness (QED) is 0.234. The van der Waals surface area contributed by atoms with Crippen LogP contribution < -0.4 is 0 Å². The Morgan fingerprint density at radius 1 is 0.769 bits per heavy atom. The minimum atomic E-state index is -0.971. The van der Waals surface area contributed by atoms with E-state index in [1.807, 2.05) is 0 Å². The molecular weight excluding hydrogens is 332 g/mol. The molecule has 0 rings (SSSR count). The second-order valence-corrected chi connectivity index (χ2v) is 7.39. The molecule has 0 aromatic heterocycles. The SMILES string of the molecule is CCCCCC[C@H](O)CCCCCCCCCCC(=O)OC[C@H](O)CO. The van der Waals surface area contributed by atoms with Crippen molar-refractivity contribution < 1.29 is 24.9 Å². The first-order valence-corrected chi connectivity index (χ1v) is 10.7. The topological polar surface area (TPSA) is 87.0 Å². The zero-order valence-corrected chi connectivity index (χ0v) is 16.8. The van der Waals surface area contributed by atoms with Gasteiger partial charge in [-0.1, -0.05) is 77.6 Å². The van der Waals surface area contributed by atoms with E-state index in [9.17, 15) is 9.90 Å². The Bertz CT molecular complexity index is 309. The van der Waals surface area contributed by atoms with Crippen LogP contribution in [0.3, 0.4) is 0 Å². The standard InChI is InChI=1S/C21H42O5/c1-2-3-4-11-14-19(23)15-12-9-7-5-6-8-10-13-16-21(25)26-18-20(24)17-22/h19-20,22-24H,2-18H2,1H3/t19-,20+/m0/s1. The van der Waals surface area contributed by atoms with E-state index in [2.05, 4.69) is 6.92 Å². The maximum atomic E-state index is 11.4. The lowest BCUT2D eigenvalue weighted by Gasteiger charge is -2.10. The van der Waals surface area contributed by atoms with Crippen molar-refractivity contribution in [1.29, 1.82) is 0 Å². The van der Waals surface area contributed by atoms with Crippen LogP contribution in [0.4, 0.5) is 0 Å². The highest BCUT2D eigenvalue weighted by Gasteiger charge is 2.07. The number of hydrogen-bond acceptors (Lipinski definition) is 5. The van der Waals surface area contributed by atoms with Gasteiger partial charge in [0.05, 0.1) is 12.7 Å². The van der Waals surface area contributed by atoms with Crippen LogP contribution in [0.1, 0.15) is 103 Å². The van der Waals surface area contributed by atoms with Crippen molar-refractivity contribution >= 4 is 5.97 Å². The van der Waals surface area contributed by atoms with E-state index in [4.69, 9.17) is 14.9 Å². The number of unbranched alkanes of at least 4 members (excludes halogenated alkanes) is 10. The van der Waals surface area contributed by atoms with Crippen LogP contribution in [0.5, 0.6) is 0 Å². The van der Waals surface area contributed by atoms with Crippen LogP contribution in [0.15, 0.2) is 0 Å². The molecule has 0 unspecified atom stereocenters. The van der Waals surface area contributed by atoms with Gasteiger partial charge < -0.3 is 20.1 Å². The maximum Gasteiger partial charge on any atom is 0.305 e. The fourth-order valence-electron chi connectivity index (χ4n) is 2.98. The number of rotatable bonds is 19. The number of aliphatic hydroxyl groups is 3. The molecule has 0 amide bonds. The Kier molecular flexibility index (Phi) is 18.6. The molecule has 26 heavy (non-hydrogen) atoms. The zero-order valence-electron chi connectivity index (χ0n) is 16.8. The molecule has 3 N–H and O–H groups in total. The second kappa shape index (κ2) is 19.1. The van der Waals surface area contributed by atoms with Crippen LogP contribution in [0, 0.1) is 0 Å². The maximum absolute atomic E-state index is 11.4. The third kappa shape index (κ3) is 18.2. The number of aliphatic hydroxyl groups excluding tert-OH is 3. The summed E-state index contributed by atoms with van der Waals surface area (Å²) >= 11 is 0. The molecule has 0 saturated heterocycles. The van der Waals surface area contributed by atoms with Gasteiger partial charge in [0.1, 0.15) is 12.7 Å². The van der Waals surface area contributed by atoms with Crippen molar-refractivity contribution in [3.05, 3.63) is 0 Å². The van der Waals surface area contributed by atoms with Gasteiger partial charge in [-0.3, -0.25) is 4.79 Å². The van der Waals surface area contributed by atoms with E-state index < -0.39 is 6.10 Å². The van der Waals surface area contributed by atoms with Gasteiger partial charge in [0, 0.05) is 6.42 Å². The van der Waals surface area contributed by atoms with Crippen LogP contribution >= 0.6 is 0 Å². The highest BCUT2D eigenvalue weighted by Crippen LogP contribution is 2.14. The van der Waals surface area contributed by atoms with E-state index >= 15 is 0 Å². The first-order valence-electron chi connectivity index (χ1n) is 10.7. The van der Waals surface area contributed by atoms with Gasteiger partial charge in [0.2, 0.25) is 0 Å². The van der Waals surface area contributed by atoms with E-state index in [0.717, 1.165) is 44.9 Å². The average molecular weight is 375 g/mol. The van der Waals surface area contributed by atoms with E-state index in [1.165, 1.54) is 44.9 Å². The van der Waals surface area contributed by atoms with Gasteiger partial charge in [0.15, 0.2) is 0 Å². The number of esters is 1. The summed E-state index contributed by atoms with van der Waals surface area (Å²) in [6.45, 7) is 1.70. The summed E-state index contributed by atoms with van der Waals surface area (Å²) in [6.07, 6.45) is 15.1. The van der Waals surface area contributed by atoms with Crippen LogP contribution in [0.25, 0.3) is 0 Å². The average Bonchev–Trinajstić information content (AvgIpc) is 2.64. The van der Waals surface area contributed by atoms with Crippen LogP contribution in [0.2, 0.25) is 0 Å². The van der Waals surface area contributed by atoms with Gasteiger partial charge in [-0.05, 0) is 19.3 Å². The lowest BCUT2D eigenvalue weighted by Crippen LogP contribution is -2.21. The smallest absolute Gasteiger partial charge is 0.305 e.